The van der Waals surface area contributed by atoms with Crippen molar-refractivity contribution in [3.63, 3.8) is 0 Å². The zero-order valence-corrected chi connectivity index (χ0v) is 9.82. The summed E-state index contributed by atoms with van der Waals surface area (Å²) in [5, 5.41) is 2.36. The Kier molecular flexibility index (Phi) is 2.63. The van der Waals surface area contributed by atoms with Crippen molar-refractivity contribution in [2.75, 3.05) is 19.6 Å². The van der Waals surface area contributed by atoms with Gasteiger partial charge in [0.15, 0.2) is 0 Å². The molecule has 1 amide bonds. The molecule has 0 aromatic heterocycles. The first-order valence-corrected chi connectivity index (χ1v) is 5.77. The van der Waals surface area contributed by atoms with Crippen LogP contribution < -0.4 is 5.32 Å². The highest BCUT2D eigenvalue weighted by atomic mass is 16.6. The summed E-state index contributed by atoms with van der Waals surface area (Å²) in [5.41, 5.74) is -0.376. The average molecular weight is 213 g/mol. The zero-order valence-electron chi connectivity index (χ0n) is 9.82. The van der Waals surface area contributed by atoms with Gasteiger partial charge in [0.25, 0.3) is 0 Å². The van der Waals surface area contributed by atoms with Crippen molar-refractivity contribution in [3.8, 4) is 0 Å². The summed E-state index contributed by atoms with van der Waals surface area (Å²) in [7, 11) is 0. The lowest BCUT2D eigenvalue weighted by Gasteiger charge is -2.24. The monoisotopic (exact) mass is 213 g/mol. The van der Waals surface area contributed by atoms with Gasteiger partial charge in [0.1, 0.15) is 11.6 Å². The fraction of sp³-hybridized carbons (Fsp3) is 0.909. The molecule has 2 saturated heterocycles. The number of fused-ring (bicyclic) bond motifs is 1. The van der Waals surface area contributed by atoms with Crippen molar-refractivity contribution in [2.45, 2.75) is 38.8 Å². The summed E-state index contributed by atoms with van der Waals surface area (Å²) in [6.07, 6.45) is 1.09. The van der Waals surface area contributed by atoms with Gasteiger partial charge in [-0.2, -0.15) is 0 Å². The minimum Gasteiger partial charge on any atom is -0.444 e. The average Bonchev–Trinajstić information content (AvgIpc) is 2.56. The van der Waals surface area contributed by atoms with E-state index in [0.717, 1.165) is 13.1 Å². The fourth-order valence-electron chi connectivity index (χ4n) is 2.47. The van der Waals surface area contributed by atoms with E-state index in [-0.39, 0.29) is 11.7 Å². The maximum absolute atomic E-state index is 11.8. The van der Waals surface area contributed by atoms with E-state index >= 15 is 0 Å². The predicted molar refractivity (Wildman–Crippen MR) is 56.5 cm³/mol. The first-order valence-electron chi connectivity index (χ1n) is 5.77. The normalized spacial score (nSPS) is 30.5. The number of likely N-dealkylation sites (tertiary alicyclic amines) is 1. The van der Waals surface area contributed by atoms with Gasteiger partial charge >= 0.3 is 6.09 Å². The maximum Gasteiger partial charge on any atom is 0.410 e. The molecule has 2 aliphatic heterocycles. The van der Waals surface area contributed by atoms with Gasteiger partial charge in [-0.25, -0.2) is 4.79 Å². The minimum atomic E-state index is -0.376. The molecule has 86 valence electrons. The van der Waals surface area contributed by atoms with Gasteiger partial charge in [-0.15, -0.1) is 0 Å². The van der Waals surface area contributed by atoms with Crippen LogP contribution in [0.15, 0.2) is 0 Å². The van der Waals surface area contributed by atoms with E-state index in [4.69, 9.17) is 4.74 Å². The molecular weight excluding hydrogens is 192 g/mol. The van der Waals surface area contributed by atoms with E-state index in [9.17, 15) is 4.79 Å². The number of nitrogens with zero attached hydrogens (tertiary/aromatic N) is 1. The van der Waals surface area contributed by atoms with Crippen molar-refractivity contribution < 1.29 is 14.8 Å². The Labute approximate surface area is 91.0 Å². The third kappa shape index (κ3) is 2.43. The van der Waals surface area contributed by atoms with E-state index in [0.29, 0.717) is 12.0 Å². The van der Waals surface area contributed by atoms with Crippen LogP contribution in [0.4, 0.5) is 4.79 Å². The van der Waals surface area contributed by atoms with E-state index in [2.05, 4.69) is 5.32 Å². The standard InChI is InChI=1S/C11H20N2O2/c1-11(2,3)15-10(14)13-6-8-4-5-12-9(8)7-13/h8-9,12H,4-7H2,1-3H3/p+1/t8-,9+/m0/s1. The number of amides is 1. The molecule has 2 N–H and O–H groups in total. The van der Waals surface area contributed by atoms with Crippen LogP contribution >= 0.6 is 0 Å². The molecule has 2 atom stereocenters. The summed E-state index contributed by atoms with van der Waals surface area (Å²) in [6.45, 7) is 8.70. The minimum absolute atomic E-state index is 0.148. The Hall–Kier alpha value is -0.770. The number of rotatable bonds is 0. The third-order valence-electron chi connectivity index (χ3n) is 3.15. The van der Waals surface area contributed by atoms with E-state index in [1.54, 1.807) is 0 Å². The SMILES string of the molecule is CC(C)(C)OC(=O)N1C[C@@H]2CC[NH2+][C@@H]2C1. The second kappa shape index (κ2) is 3.67. The Morgan fingerprint density at radius 3 is 2.73 bits per heavy atom. The number of carbonyl (C=O) groups excluding carboxylic acids is 1. The molecular formula is C11H21N2O2+. The van der Waals surface area contributed by atoms with Crippen LogP contribution in [0, 0.1) is 5.92 Å². The maximum atomic E-state index is 11.8. The molecule has 4 heteroatoms. The molecule has 0 aromatic rings. The van der Waals surface area contributed by atoms with E-state index in [1.165, 1.54) is 13.0 Å². The van der Waals surface area contributed by atoms with E-state index in [1.807, 2.05) is 25.7 Å². The van der Waals surface area contributed by atoms with Crippen LogP contribution in [0.25, 0.3) is 0 Å². The summed E-state index contributed by atoms with van der Waals surface area (Å²) in [4.78, 5) is 13.6. The number of carbonyl (C=O) groups is 1. The topological polar surface area (TPSA) is 46.1 Å². The molecule has 2 heterocycles. The molecule has 15 heavy (non-hydrogen) atoms. The fourth-order valence-corrected chi connectivity index (χ4v) is 2.47. The highest BCUT2D eigenvalue weighted by Crippen LogP contribution is 2.22. The molecule has 0 radical (unpaired) electrons. The largest absolute Gasteiger partial charge is 0.444 e. The van der Waals surface area contributed by atoms with Gasteiger partial charge in [-0.05, 0) is 20.8 Å². The molecule has 0 aliphatic carbocycles. The summed E-state index contributed by atoms with van der Waals surface area (Å²) < 4.78 is 5.36. The van der Waals surface area contributed by atoms with Crippen LogP contribution in [0.2, 0.25) is 0 Å². The Morgan fingerprint density at radius 1 is 1.40 bits per heavy atom. The summed E-state index contributed by atoms with van der Waals surface area (Å²) >= 11 is 0. The number of nitrogens with two attached hydrogens (primary N) is 1. The quantitative estimate of drug-likeness (QED) is 0.624. The zero-order chi connectivity index (χ0) is 11.1. The van der Waals surface area contributed by atoms with Gasteiger partial charge in [-0.1, -0.05) is 0 Å². The first kappa shape index (κ1) is 10.7. The second-order valence-electron chi connectivity index (χ2n) is 5.62. The van der Waals surface area contributed by atoms with Crippen LogP contribution in [-0.2, 0) is 4.74 Å². The van der Waals surface area contributed by atoms with Crippen LogP contribution in [-0.4, -0.2) is 42.3 Å². The summed E-state index contributed by atoms with van der Waals surface area (Å²) in [6, 6.07) is 0.623. The lowest BCUT2D eigenvalue weighted by atomic mass is 10.1. The lowest BCUT2D eigenvalue weighted by Crippen LogP contribution is -2.88. The van der Waals surface area contributed by atoms with Crippen molar-refractivity contribution in [1.29, 1.82) is 0 Å². The number of hydrogen-bond acceptors (Lipinski definition) is 2. The van der Waals surface area contributed by atoms with Crippen molar-refractivity contribution in [3.05, 3.63) is 0 Å². The number of quaternary nitrogens is 1. The Morgan fingerprint density at radius 2 is 2.13 bits per heavy atom. The van der Waals surface area contributed by atoms with Gasteiger partial charge in [0.05, 0.1) is 13.1 Å². The molecule has 2 aliphatic rings. The Balaban J connectivity index is 1.88. The molecule has 2 fully saturated rings. The van der Waals surface area contributed by atoms with Gasteiger partial charge in [-0.3, -0.25) is 0 Å². The second-order valence-corrected chi connectivity index (χ2v) is 5.62. The molecule has 0 bridgehead atoms. The van der Waals surface area contributed by atoms with Crippen LogP contribution in [0.5, 0.6) is 0 Å². The number of ether oxygens (including phenoxy) is 1. The molecule has 2 rings (SSSR count). The van der Waals surface area contributed by atoms with Gasteiger partial charge in [0, 0.05) is 18.9 Å². The third-order valence-corrected chi connectivity index (χ3v) is 3.15. The number of hydrogen-bond donors (Lipinski definition) is 1. The van der Waals surface area contributed by atoms with Crippen molar-refractivity contribution in [1.82, 2.24) is 4.90 Å². The van der Waals surface area contributed by atoms with E-state index < -0.39 is 0 Å². The molecule has 0 spiro atoms. The van der Waals surface area contributed by atoms with Crippen molar-refractivity contribution >= 4 is 6.09 Å². The molecule has 4 nitrogen and oxygen atoms in total. The molecule has 0 unspecified atom stereocenters. The molecule has 0 aromatic carbocycles. The lowest BCUT2D eigenvalue weighted by molar-refractivity contribution is -0.669. The predicted octanol–water partition coefficient (Wildman–Crippen LogP) is 0.189. The smallest absolute Gasteiger partial charge is 0.410 e. The molecule has 0 saturated carbocycles. The van der Waals surface area contributed by atoms with Crippen molar-refractivity contribution in [2.24, 2.45) is 5.92 Å². The summed E-state index contributed by atoms with van der Waals surface area (Å²) in [5.74, 6) is 0.692. The van der Waals surface area contributed by atoms with Crippen LogP contribution in [0.3, 0.4) is 0 Å². The van der Waals surface area contributed by atoms with Crippen LogP contribution in [0.1, 0.15) is 27.2 Å². The van der Waals surface area contributed by atoms with Gasteiger partial charge in [0.2, 0.25) is 0 Å². The highest BCUT2D eigenvalue weighted by Gasteiger charge is 2.42. The van der Waals surface area contributed by atoms with Gasteiger partial charge < -0.3 is 15.0 Å². The highest BCUT2D eigenvalue weighted by molar-refractivity contribution is 5.68. The first-order chi connectivity index (χ1) is 6.96. The Bertz CT molecular complexity index is 248.